The Kier molecular flexibility index (Phi) is 5.08. The van der Waals surface area contributed by atoms with Crippen molar-refractivity contribution in [1.29, 1.82) is 0 Å². The fourth-order valence-corrected chi connectivity index (χ4v) is 7.75. The lowest BCUT2D eigenvalue weighted by Gasteiger charge is -2.06. The molecule has 5 heterocycles. The number of aromatic nitrogens is 4. The van der Waals surface area contributed by atoms with Crippen LogP contribution in [-0.4, -0.2) is 19.9 Å². The lowest BCUT2D eigenvalue weighted by molar-refractivity contribution is 1.40. The smallest absolute Gasteiger partial charge is 0.0737 e. The molecule has 4 nitrogen and oxygen atoms in total. The van der Waals surface area contributed by atoms with Gasteiger partial charge in [-0.15, -0.1) is 0 Å². The Labute approximate surface area is 275 Å². The zero-order chi connectivity index (χ0) is 31.3. The Balaban J connectivity index is 1.32. The summed E-state index contributed by atoms with van der Waals surface area (Å²) in [6, 6.07) is 52.3. The largest absolute Gasteiger partial charge is 0.354 e. The molecule has 4 heteroatoms. The highest BCUT2D eigenvalue weighted by Crippen LogP contribution is 2.42. The molecule has 0 amide bonds. The molecule has 222 valence electrons. The van der Waals surface area contributed by atoms with Crippen LogP contribution in [0.15, 0.2) is 146 Å². The molecule has 2 aliphatic heterocycles. The van der Waals surface area contributed by atoms with Gasteiger partial charge >= 0.3 is 0 Å². The van der Waals surface area contributed by atoms with E-state index in [0.29, 0.717) is 0 Å². The Morgan fingerprint density at radius 3 is 1.02 bits per heavy atom. The van der Waals surface area contributed by atoms with Crippen LogP contribution in [0, 0.1) is 0 Å². The number of nitrogens with one attached hydrogen (secondary N) is 2. The second kappa shape index (κ2) is 9.50. The summed E-state index contributed by atoms with van der Waals surface area (Å²) in [5.41, 5.74) is 12.4. The molecule has 9 aromatic rings. The average molecular weight is 611 g/mol. The van der Waals surface area contributed by atoms with Gasteiger partial charge in [0.25, 0.3) is 0 Å². The predicted octanol–water partition coefficient (Wildman–Crippen LogP) is 11.6. The van der Waals surface area contributed by atoms with Gasteiger partial charge in [-0.3, -0.25) is 0 Å². The molecule has 0 saturated heterocycles. The van der Waals surface area contributed by atoms with Crippen molar-refractivity contribution in [3.63, 3.8) is 0 Å². The highest BCUT2D eigenvalue weighted by molar-refractivity contribution is 6.11. The topological polar surface area (TPSA) is 57.4 Å². The van der Waals surface area contributed by atoms with E-state index in [9.17, 15) is 0 Å². The molecule has 0 fully saturated rings. The van der Waals surface area contributed by atoms with E-state index in [1.807, 2.05) is 0 Å². The van der Waals surface area contributed by atoms with Gasteiger partial charge in [-0.1, -0.05) is 97.1 Å². The Morgan fingerprint density at radius 2 is 0.625 bits per heavy atom. The number of benzene rings is 6. The molecule has 0 unspecified atom stereocenters. The van der Waals surface area contributed by atoms with Crippen molar-refractivity contribution in [1.82, 2.24) is 19.9 Å². The number of nitrogens with zero attached hydrogens (tertiary/aromatic N) is 2. The van der Waals surface area contributed by atoms with Gasteiger partial charge in [0.1, 0.15) is 0 Å². The summed E-state index contributed by atoms with van der Waals surface area (Å²) in [4.78, 5) is 18.1. The second-order valence-corrected chi connectivity index (χ2v) is 12.8. The fraction of sp³-hybridized carbons (Fsp3) is 0. The van der Waals surface area contributed by atoms with Crippen LogP contribution < -0.4 is 0 Å². The third-order valence-corrected chi connectivity index (χ3v) is 10.0. The van der Waals surface area contributed by atoms with Crippen LogP contribution >= 0.6 is 0 Å². The van der Waals surface area contributed by atoms with Gasteiger partial charge in [0.05, 0.1) is 22.8 Å². The Bertz CT molecular complexity index is 2820. The van der Waals surface area contributed by atoms with Gasteiger partial charge in [0.15, 0.2) is 0 Å². The summed E-state index contributed by atoms with van der Waals surface area (Å²) in [5, 5.41) is 9.51. The first-order chi connectivity index (χ1) is 23.7. The summed E-state index contributed by atoms with van der Waals surface area (Å²) in [5.74, 6) is 0. The quantitative estimate of drug-likeness (QED) is 0.168. The van der Waals surface area contributed by atoms with Crippen molar-refractivity contribution < 1.29 is 0 Å². The molecule has 0 atom stereocenters. The van der Waals surface area contributed by atoms with Crippen molar-refractivity contribution in [3.8, 4) is 45.0 Å². The molecule has 8 bridgehead atoms. The molecule has 6 aromatic carbocycles. The zero-order valence-corrected chi connectivity index (χ0v) is 25.8. The van der Waals surface area contributed by atoms with E-state index < -0.39 is 0 Å². The van der Waals surface area contributed by atoms with Crippen LogP contribution in [-0.2, 0) is 0 Å². The first-order valence-electron chi connectivity index (χ1n) is 16.3. The first kappa shape index (κ1) is 25.6. The number of fused-ring (bicyclic) bond motifs is 22. The van der Waals surface area contributed by atoms with Gasteiger partial charge in [0.2, 0.25) is 0 Å². The number of rotatable bonds is 0. The van der Waals surface area contributed by atoms with Gasteiger partial charge in [-0.2, -0.15) is 0 Å². The SMILES string of the molecule is c1ccc2c(c1)-c1cc3[nH]c(cc4nc(cc5[nH]c(cc-2n1)c1ccccc51)-c1cc2cc5ccccc5cc2cc1-4)c1ccccc31. The van der Waals surface area contributed by atoms with Crippen LogP contribution in [0.5, 0.6) is 0 Å². The summed E-state index contributed by atoms with van der Waals surface area (Å²) >= 11 is 0. The average Bonchev–Trinajstić information content (AvgIpc) is 3.85. The van der Waals surface area contributed by atoms with Crippen LogP contribution in [0.3, 0.4) is 0 Å². The number of hydrogen-bond donors (Lipinski definition) is 2. The maximum absolute atomic E-state index is 5.36. The van der Waals surface area contributed by atoms with Crippen molar-refractivity contribution in [3.05, 3.63) is 146 Å². The minimum atomic E-state index is 0.943. The van der Waals surface area contributed by atoms with Crippen LogP contribution in [0.2, 0.25) is 0 Å². The second-order valence-electron chi connectivity index (χ2n) is 12.8. The van der Waals surface area contributed by atoms with E-state index in [0.717, 1.165) is 88.6 Å². The number of aromatic amines is 2. The monoisotopic (exact) mass is 610 g/mol. The maximum Gasteiger partial charge on any atom is 0.0737 e. The highest BCUT2D eigenvalue weighted by atomic mass is 14.8. The van der Waals surface area contributed by atoms with Crippen molar-refractivity contribution in [2.75, 3.05) is 0 Å². The standard InChI is InChI=1S/C44H26N4/c1-2-10-26-18-28-20-36-35(19-27(28)17-25(26)9-1)43-23-41-33-15-7-5-13-31(33)39(46-41)21-37-29-11-3-4-12-30(29)38(45-37)22-40-32-14-6-8-16-34(32)42(47-40)24-44(36)48-43/h1-24,46-47H. The van der Waals surface area contributed by atoms with Gasteiger partial charge < -0.3 is 9.97 Å². The molecular weight excluding hydrogens is 585 g/mol. The van der Waals surface area contributed by atoms with Crippen LogP contribution in [0.4, 0.5) is 0 Å². The maximum atomic E-state index is 5.36. The van der Waals surface area contributed by atoms with Gasteiger partial charge in [-0.05, 0) is 70.1 Å². The lowest BCUT2D eigenvalue weighted by atomic mass is 9.96. The molecule has 2 N–H and O–H groups in total. The van der Waals surface area contributed by atoms with Crippen molar-refractivity contribution in [2.45, 2.75) is 0 Å². The molecule has 0 spiro atoms. The third-order valence-electron chi connectivity index (χ3n) is 10.0. The van der Waals surface area contributed by atoms with E-state index >= 15 is 0 Å². The zero-order valence-electron chi connectivity index (χ0n) is 25.8. The summed E-state index contributed by atoms with van der Waals surface area (Å²) in [7, 11) is 0. The Hall–Kier alpha value is -6.52. The highest BCUT2D eigenvalue weighted by Gasteiger charge is 2.20. The molecule has 0 saturated carbocycles. The molecule has 3 aromatic heterocycles. The molecule has 2 aliphatic rings. The van der Waals surface area contributed by atoms with E-state index in [1.165, 1.54) is 21.5 Å². The summed E-state index contributed by atoms with van der Waals surface area (Å²) in [6.07, 6.45) is 0. The van der Waals surface area contributed by atoms with E-state index in [-0.39, 0.29) is 0 Å². The van der Waals surface area contributed by atoms with Crippen molar-refractivity contribution in [2.24, 2.45) is 0 Å². The van der Waals surface area contributed by atoms with Crippen LogP contribution in [0.25, 0.3) is 110 Å². The Morgan fingerprint density at radius 1 is 0.292 bits per heavy atom. The minimum Gasteiger partial charge on any atom is -0.354 e. The van der Waals surface area contributed by atoms with Crippen LogP contribution in [0.1, 0.15) is 0 Å². The molecule has 11 rings (SSSR count). The fourth-order valence-electron chi connectivity index (χ4n) is 7.75. The summed E-state index contributed by atoms with van der Waals surface area (Å²) < 4.78 is 0. The minimum absolute atomic E-state index is 0.943. The summed E-state index contributed by atoms with van der Waals surface area (Å²) in [6.45, 7) is 0. The van der Waals surface area contributed by atoms with E-state index in [2.05, 4.69) is 156 Å². The third kappa shape index (κ3) is 3.71. The molecule has 48 heavy (non-hydrogen) atoms. The molecule has 0 radical (unpaired) electrons. The van der Waals surface area contributed by atoms with Crippen molar-refractivity contribution >= 4 is 65.2 Å². The number of H-pyrrole nitrogens is 2. The molecular formula is C44H26N4. The predicted molar refractivity (Wildman–Crippen MR) is 200 cm³/mol. The normalized spacial score (nSPS) is 12.2. The van der Waals surface area contributed by atoms with E-state index in [1.54, 1.807) is 0 Å². The van der Waals surface area contributed by atoms with Gasteiger partial charge in [0, 0.05) is 65.9 Å². The van der Waals surface area contributed by atoms with Gasteiger partial charge in [-0.25, -0.2) is 9.97 Å². The molecule has 0 aliphatic carbocycles. The van der Waals surface area contributed by atoms with E-state index in [4.69, 9.17) is 9.97 Å². The first-order valence-corrected chi connectivity index (χ1v) is 16.3. The lowest BCUT2D eigenvalue weighted by Crippen LogP contribution is -1.81. The number of hydrogen-bond acceptors (Lipinski definition) is 2.